The van der Waals surface area contributed by atoms with Gasteiger partial charge in [0.25, 0.3) is 5.69 Å². The van der Waals surface area contributed by atoms with Crippen LogP contribution in [0.4, 0.5) is 10.5 Å². The van der Waals surface area contributed by atoms with E-state index in [2.05, 4.69) is 10.6 Å². The number of esters is 1. The molecule has 180 valence electrons. The number of hydrogen-bond donors (Lipinski definition) is 2. The van der Waals surface area contributed by atoms with Gasteiger partial charge in [-0.15, -0.1) is 0 Å². The van der Waals surface area contributed by atoms with Gasteiger partial charge in [0, 0.05) is 0 Å². The van der Waals surface area contributed by atoms with Crippen molar-refractivity contribution in [1.29, 1.82) is 0 Å². The van der Waals surface area contributed by atoms with Crippen molar-refractivity contribution in [3.8, 4) is 17.2 Å². The molecule has 0 radical (unpaired) electrons. The Balaban J connectivity index is 2.27. The monoisotopic (exact) mass is 471 g/mol. The van der Waals surface area contributed by atoms with Crippen molar-refractivity contribution in [2.24, 2.45) is 0 Å². The molecule has 0 fully saturated rings. The molecule has 2 amide bonds. The number of nitro benzene ring substituents is 1. The van der Waals surface area contributed by atoms with Crippen LogP contribution in [0, 0.1) is 10.1 Å². The molecular formula is C23H25N3O8. The van der Waals surface area contributed by atoms with Gasteiger partial charge in [0.15, 0.2) is 11.5 Å². The van der Waals surface area contributed by atoms with E-state index in [0.717, 1.165) is 0 Å². The van der Waals surface area contributed by atoms with Crippen molar-refractivity contribution in [2.45, 2.75) is 19.4 Å². The lowest BCUT2D eigenvalue weighted by Crippen LogP contribution is -2.45. The molecular weight excluding hydrogens is 446 g/mol. The van der Waals surface area contributed by atoms with Crippen molar-refractivity contribution >= 4 is 23.4 Å². The van der Waals surface area contributed by atoms with Gasteiger partial charge < -0.3 is 29.6 Å². The summed E-state index contributed by atoms with van der Waals surface area (Å²) in [6.07, 6.45) is 0.689. The number of nitro groups is 1. The number of urea groups is 1. The van der Waals surface area contributed by atoms with Gasteiger partial charge in [0.05, 0.1) is 61.8 Å². The average molecular weight is 471 g/mol. The summed E-state index contributed by atoms with van der Waals surface area (Å²) < 4.78 is 21.1. The minimum Gasteiger partial charge on any atom is -0.497 e. The summed E-state index contributed by atoms with van der Waals surface area (Å²) in [5, 5.41) is 17.2. The molecule has 11 heteroatoms. The second-order valence-electron chi connectivity index (χ2n) is 7.21. The predicted octanol–water partition coefficient (Wildman–Crippen LogP) is 3.34. The standard InChI is InChI=1S/C23H25N3O8/c1-5-10-34-18-11-15(16(26(29)30)12-17(18)32-3)21-19(22(27)33-4)20(24-23(28)25-21)13-6-8-14(31-2)9-7-13/h6-9,11-12,21H,5,10H2,1-4H3,(H2,24,25,28). The van der Waals surface area contributed by atoms with Crippen LogP contribution in [0.25, 0.3) is 5.70 Å². The summed E-state index contributed by atoms with van der Waals surface area (Å²) in [4.78, 5) is 36.8. The molecule has 0 bridgehead atoms. The maximum atomic E-state index is 12.9. The number of benzene rings is 2. The summed E-state index contributed by atoms with van der Waals surface area (Å²) in [5.74, 6) is 0.199. The number of carbonyl (C=O) groups excluding carboxylic acids is 2. The van der Waals surface area contributed by atoms with E-state index in [1.165, 1.54) is 33.5 Å². The van der Waals surface area contributed by atoms with E-state index < -0.39 is 23.0 Å². The molecule has 0 aromatic heterocycles. The van der Waals surface area contributed by atoms with Gasteiger partial charge in [-0.3, -0.25) is 10.1 Å². The molecule has 34 heavy (non-hydrogen) atoms. The fourth-order valence-corrected chi connectivity index (χ4v) is 3.55. The summed E-state index contributed by atoms with van der Waals surface area (Å²) in [7, 11) is 4.07. The van der Waals surface area contributed by atoms with Crippen LogP contribution >= 0.6 is 0 Å². The third kappa shape index (κ3) is 4.87. The van der Waals surface area contributed by atoms with Gasteiger partial charge in [-0.05, 0) is 42.3 Å². The van der Waals surface area contributed by atoms with Crippen LogP contribution < -0.4 is 24.8 Å². The Bertz CT molecular complexity index is 1130. The molecule has 2 aromatic carbocycles. The van der Waals surface area contributed by atoms with Crippen LogP contribution in [0.15, 0.2) is 42.0 Å². The molecule has 1 heterocycles. The summed E-state index contributed by atoms with van der Waals surface area (Å²) in [6.45, 7) is 2.24. The van der Waals surface area contributed by atoms with Gasteiger partial charge >= 0.3 is 12.0 Å². The zero-order valence-electron chi connectivity index (χ0n) is 19.2. The number of methoxy groups -OCH3 is 3. The molecule has 0 saturated heterocycles. The second-order valence-corrected chi connectivity index (χ2v) is 7.21. The molecule has 1 aliphatic rings. The maximum Gasteiger partial charge on any atom is 0.338 e. The van der Waals surface area contributed by atoms with Crippen LogP contribution in [0.5, 0.6) is 17.2 Å². The second kappa shape index (κ2) is 10.6. The molecule has 1 unspecified atom stereocenters. The average Bonchev–Trinajstić information content (AvgIpc) is 2.85. The summed E-state index contributed by atoms with van der Waals surface area (Å²) >= 11 is 0. The Kier molecular flexibility index (Phi) is 7.57. The normalized spacial score (nSPS) is 15.2. The number of rotatable bonds is 9. The lowest BCUT2D eigenvalue weighted by Gasteiger charge is -2.29. The highest BCUT2D eigenvalue weighted by Crippen LogP contribution is 2.42. The molecule has 0 spiro atoms. The van der Waals surface area contributed by atoms with Gasteiger partial charge in [0.2, 0.25) is 0 Å². The minimum atomic E-state index is -1.20. The van der Waals surface area contributed by atoms with E-state index in [4.69, 9.17) is 18.9 Å². The smallest absolute Gasteiger partial charge is 0.338 e. The van der Waals surface area contributed by atoms with Crippen LogP contribution in [0.1, 0.15) is 30.5 Å². The van der Waals surface area contributed by atoms with Crippen LogP contribution in [0.2, 0.25) is 0 Å². The molecule has 11 nitrogen and oxygen atoms in total. The van der Waals surface area contributed by atoms with E-state index in [1.54, 1.807) is 24.3 Å². The van der Waals surface area contributed by atoms with E-state index in [9.17, 15) is 19.7 Å². The van der Waals surface area contributed by atoms with Crippen molar-refractivity contribution < 1.29 is 33.5 Å². The van der Waals surface area contributed by atoms with E-state index in [-0.39, 0.29) is 34.0 Å². The number of ether oxygens (including phenoxy) is 4. The van der Waals surface area contributed by atoms with Gasteiger partial charge in [-0.25, -0.2) is 9.59 Å². The van der Waals surface area contributed by atoms with Crippen LogP contribution in [0.3, 0.4) is 0 Å². The Morgan fingerprint density at radius 2 is 1.79 bits per heavy atom. The first-order valence-electron chi connectivity index (χ1n) is 10.4. The highest BCUT2D eigenvalue weighted by Gasteiger charge is 2.38. The maximum absolute atomic E-state index is 12.9. The number of amides is 2. The number of nitrogens with one attached hydrogen (secondary N) is 2. The quantitative estimate of drug-likeness (QED) is 0.323. The van der Waals surface area contributed by atoms with Crippen molar-refractivity contribution in [3.05, 3.63) is 63.2 Å². The van der Waals surface area contributed by atoms with Crippen LogP contribution in [-0.4, -0.2) is 44.9 Å². The third-order valence-electron chi connectivity index (χ3n) is 5.14. The first-order chi connectivity index (χ1) is 16.3. The largest absolute Gasteiger partial charge is 0.497 e. The molecule has 1 atom stereocenters. The van der Waals surface area contributed by atoms with Gasteiger partial charge in [-0.2, -0.15) is 0 Å². The first kappa shape index (κ1) is 24.4. The zero-order valence-corrected chi connectivity index (χ0v) is 19.2. The SMILES string of the molecule is CCCOc1cc(C2NC(=O)NC(c3ccc(OC)cc3)=C2C(=O)OC)c([N+](=O)[O-])cc1OC. The highest BCUT2D eigenvalue weighted by atomic mass is 16.6. The predicted molar refractivity (Wildman–Crippen MR) is 122 cm³/mol. The van der Waals surface area contributed by atoms with Gasteiger partial charge in [-0.1, -0.05) is 6.92 Å². The highest BCUT2D eigenvalue weighted by molar-refractivity contribution is 6.04. The fraction of sp³-hybridized carbons (Fsp3) is 0.304. The van der Waals surface area contributed by atoms with E-state index in [1.807, 2.05) is 6.92 Å². The molecule has 2 aromatic rings. The van der Waals surface area contributed by atoms with Crippen molar-refractivity contribution in [2.75, 3.05) is 27.9 Å². The van der Waals surface area contributed by atoms with Crippen molar-refractivity contribution in [1.82, 2.24) is 10.6 Å². The van der Waals surface area contributed by atoms with Gasteiger partial charge in [0.1, 0.15) is 5.75 Å². The molecule has 0 saturated carbocycles. The lowest BCUT2D eigenvalue weighted by molar-refractivity contribution is -0.385. The number of nitrogens with zero attached hydrogens (tertiary/aromatic N) is 1. The number of hydrogen-bond acceptors (Lipinski definition) is 8. The summed E-state index contributed by atoms with van der Waals surface area (Å²) in [5.41, 5.74) is 0.313. The molecule has 3 rings (SSSR count). The Hall–Kier alpha value is -4.28. The fourth-order valence-electron chi connectivity index (χ4n) is 3.55. The summed E-state index contributed by atoms with van der Waals surface area (Å²) in [6, 6.07) is 7.38. The van der Waals surface area contributed by atoms with Crippen molar-refractivity contribution in [3.63, 3.8) is 0 Å². The Morgan fingerprint density at radius 1 is 1.09 bits per heavy atom. The molecule has 0 aliphatic carbocycles. The zero-order chi connectivity index (χ0) is 24.8. The van der Waals surface area contributed by atoms with E-state index >= 15 is 0 Å². The molecule has 2 N–H and O–H groups in total. The first-order valence-corrected chi connectivity index (χ1v) is 10.4. The topological polar surface area (TPSA) is 138 Å². The minimum absolute atomic E-state index is 0.0121. The van der Waals surface area contributed by atoms with E-state index in [0.29, 0.717) is 24.3 Å². The van der Waals surface area contributed by atoms with Crippen LogP contribution in [-0.2, 0) is 9.53 Å². The third-order valence-corrected chi connectivity index (χ3v) is 5.14. The number of carbonyl (C=O) groups is 2. The Labute approximate surface area is 195 Å². The molecule has 1 aliphatic heterocycles. The Morgan fingerprint density at radius 3 is 2.35 bits per heavy atom. The lowest BCUT2D eigenvalue weighted by atomic mass is 9.91.